The average Bonchev–Trinajstić information content (AvgIpc) is 2.84. The summed E-state index contributed by atoms with van der Waals surface area (Å²) in [5, 5.41) is 2.99. The van der Waals surface area contributed by atoms with Crippen LogP contribution in [0.4, 0.5) is 0 Å². The number of likely N-dealkylation sites (tertiary alicyclic amines) is 1. The molecule has 4 rings (SSSR count). The summed E-state index contributed by atoms with van der Waals surface area (Å²) in [5.74, 6) is -0.166. The summed E-state index contributed by atoms with van der Waals surface area (Å²) < 4.78 is 26.9. The fourth-order valence-corrected chi connectivity index (χ4v) is 6.31. The van der Waals surface area contributed by atoms with Gasteiger partial charge in [0.15, 0.2) is 0 Å². The molecular formula is C26H35N3O3S. The highest BCUT2D eigenvalue weighted by Crippen LogP contribution is 2.18. The summed E-state index contributed by atoms with van der Waals surface area (Å²) in [6, 6.07) is 15.3. The fourth-order valence-electron chi connectivity index (χ4n) is 4.70. The summed E-state index contributed by atoms with van der Waals surface area (Å²) in [5.41, 5.74) is 3.62. The molecule has 1 amide bonds. The van der Waals surface area contributed by atoms with E-state index >= 15 is 0 Å². The molecule has 2 saturated heterocycles. The third-order valence-electron chi connectivity index (χ3n) is 6.57. The molecule has 7 heteroatoms. The van der Waals surface area contributed by atoms with Crippen LogP contribution in [0.1, 0.15) is 65.6 Å². The molecule has 2 aromatic rings. The molecule has 33 heavy (non-hydrogen) atoms. The Morgan fingerprint density at radius 1 is 0.788 bits per heavy atom. The molecule has 1 N–H and O–H groups in total. The lowest BCUT2D eigenvalue weighted by atomic mass is 10.1. The van der Waals surface area contributed by atoms with E-state index in [1.807, 2.05) is 6.07 Å². The highest BCUT2D eigenvalue weighted by molar-refractivity contribution is 7.88. The van der Waals surface area contributed by atoms with Gasteiger partial charge in [0.2, 0.25) is 10.0 Å². The summed E-state index contributed by atoms with van der Waals surface area (Å²) >= 11 is 0. The van der Waals surface area contributed by atoms with Gasteiger partial charge in [0.25, 0.3) is 5.91 Å². The second-order valence-corrected chi connectivity index (χ2v) is 11.2. The molecule has 6 nitrogen and oxygen atoms in total. The first-order valence-corrected chi connectivity index (χ1v) is 13.8. The molecule has 2 aliphatic heterocycles. The van der Waals surface area contributed by atoms with Crippen LogP contribution >= 0.6 is 0 Å². The van der Waals surface area contributed by atoms with Crippen LogP contribution in [0, 0.1) is 0 Å². The number of nitrogens with zero attached hydrogens (tertiary/aromatic N) is 2. The molecule has 0 spiro atoms. The van der Waals surface area contributed by atoms with Crippen molar-refractivity contribution in [3.05, 3.63) is 70.8 Å². The van der Waals surface area contributed by atoms with E-state index in [0.29, 0.717) is 30.8 Å². The number of nitrogens with one attached hydrogen (secondary N) is 1. The van der Waals surface area contributed by atoms with Crippen LogP contribution in [0.5, 0.6) is 0 Å². The van der Waals surface area contributed by atoms with Crippen LogP contribution in [-0.2, 0) is 28.9 Å². The van der Waals surface area contributed by atoms with Gasteiger partial charge in [-0.25, -0.2) is 12.7 Å². The molecule has 2 heterocycles. The fraction of sp³-hybridized carbons (Fsp3) is 0.500. The Morgan fingerprint density at radius 2 is 1.42 bits per heavy atom. The summed E-state index contributed by atoms with van der Waals surface area (Å²) in [4.78, 5) is 15.1. The first-order valence-electron chi connectivity index (χ1n) is 12.1. The molecule has 2 fully saturated rings. The molecule has 0 bridgehead atoms. The number of amides is 1. The molecule has 2 aromatic carbocycles. The minimum Gasteiger partial charge on any atom is -0.348 e. The smallest absolute Gasteiger partial charge is 0.251 e. The lowest BCUT2D eigenvalue weighted by Crippen LogP contribution is -2.36. The van der Waals surface area contributed by atoms with Gasteiger partial charge in [-0.05, 0) is 67.6 Å². The van der Waals surface area contributed by atoms with Gasteiger partial charge < -0.3 is 5.32 Å². The van der Waals surface area contributed by atoms with Gasteiger partial charge in [-0.2, -0.15) is 0 Å². The largest absolute Gasteiger partial charge is 0.348 e. The standard InChI is InChI=1S/C26H35N3O3S/c30-26(27-19-23-8-7-9-24(18-23)20-28-14-3-1-4-15-28)25-12-10-22(11-13-25)21-33(31,32)29-16-5-2-6-17-29/h7-13,18H,1-6,14-17,19-21H2,(H,27,30). The van der Waals surface area contributed by atoms with Gasteiger partial charge in [0.1, 0.15) is 0 Å². The quantitative estimate of drug-likeness (QED) is 0.636. The van der Waals surface area contributed by atoms with Crippen molar-refractivity contribution in [3.8, 4) is 0 Å². The van der Waals surface area contributed by atoms with Crippen LogP contribution in [0.15, 0.2) is 48.5 Å². The van der Waals surface area contributed by atoms with Crippen molar-refractivity contribution >= 4 is 15.9 Å². The van der Waals surface area contributed by atoms with Crippen LogP contribution in [0.2, 0.25) is 0 Å². The molecule has 0 atom stereocenters. The third kappa shape index (κ3) is 6.88. The zero-order valence-corrected chi connectivity index (χ0v) is 20.2. The van der Waals surface area contributed by atoms with E-state index in [1.54, 1.807) is 28.6 Å². The normalized spacial score (nSPS) is 18.2. The Balaban J connectivity index is 1.29. The Bertz CT molecular complexity index is 1030. The predicted octanol–water partition coefficient (Wildman–Crippen LogP) is 3.92. The molecule has 2 aliphatic rings. The first kappa shape index (κ1) is 23.9. The van der Waals surface area contributed by atoms with E-state index in [-0.39, 0.29) is 11.7 Å². The molecule has 178 valence electrons. The Kier molecular flexibility index (Phi) is 8.17. The number of rotatable bonds is 8. The molecule has 0 aliphatic carbocycles. The maximum absolute atomic E-state index is 12.6. The SMILES string of the molecule is O=C(NCc1cccc(CN2CCCCC2)c1)c1ccc(CS(=O)(=O)N2CCCCC2)cc1. The first-order chi connectivity index (χ1) is 16.0. The lowest BCUT2D eigenvalue weighted by molar-refractivity contribution is 0.0951. The van der Waals surface area contributed by atoms with E-state index in [4.69, 9.17) is 0 Å². The van der Waals surface area contributed by atoms with Crippen molar-refractivity contribution in [1.82, 2.24) is 14.5 Å². The lowest BCUT2D eigenvalue weighted by Gasteiger charge is -2.26. The minimum absolute atomic E-state index is 0.0152. The van der Waals surface area contributed by atoms with Crippen molar-refractivity contribution in [2.24, 2.45) is 0 Å². The topological polar surface area (TPSA) is 69.7 Å². The molecule has 0 unspecified atom stereocenters. The van der Waals surface area contributed by atoms with E-state index in [2.05, 4.69) is 28.4 Å². The van der Waals surface area contributed by atoms with Gasteiger partial charge in [0, 0.05) is 31.7 Å². The summed E-state index contributed by atoms with van der Waals surface area (Å²) in [7, 11) is -3.30. The number of sulfonamides is 1. The minimum atomic E-state index is -3.30. The van der Waals surface area contributed by atoms with Crippen LogP contribution in [0.25, 0.3) is 0 Å². The Morgan fingerprint density at radius 3 is 2.12 bits per heavy atom. The van der Waals surface area contributed by atoms with Crippen LogP contribution in [0.3, 0.4) is 0 Å². The van der Waals surface area contributed by atoms with E-state index in [9.17, 15) is 13.2 Å². The van der Waals surface area contributed by atoms with Crippen molar-refractivity contribution in [2.45, 2.75) is 57.4 Å². The molecule has 0 saturated carbocycles. The second kappa shape index (κ2) is 11.3. The van der Waals surface area contributed by atoms with Gasteiger partial charge in [-0.1, -0.05) is 49.2 Å². The van der Waals surface area contributed by atoms with E-state index < -0.39 is 10.0 Å². The zero-order valence-electron chi connectivity index (χ0n) is 19.3. The van der Waals surface area contributed by atoms with E-state index in [1.165, 1.54) is 24.8 Å². The maximum atomic E-state index is 12.6. The summed E-state index contributed by atoms with van der Waals surface area (Å²) in [6.45, 7) is 4.98. The Labute approximate surface area is 198 Å². The highest BCUT2D eigenvalue weighted by Gasteiger charge is 2.24. The zero-order chi connectivity index (χ0) is 23.1. The predicted molar refractivity (Wildman–Crippen MR) is 131 cm³/mol. The number of carbonyl (C=O) groups excluding carboxylic acids is 1. The number of benzene rings is 2. The number of piperidine rings is 2. The van der Waals surface area contributed by atoms with Gasteiger partial charge in [-0.15, -0.1) is 0 Å². The third-order valence-corrected chi connectivity index (χ3v) is 8.42. The Hall–Kier alpha value is -2.22. The molecule has 0 aromatic heterocycles. The van der Waals surface area contributed by atoms with E-state index in [0.717, 1.165) is 44.5 Å². The van der Waals surface area contributed by atoms with Crippen LogP contribution < -0.4 is 5.32 Å². The monoisotopic (exact) mass is 469 g/mol. The van der Waals surface area contributed by atoms with Crippen molar-refractivity contribution in [3.63, 3.8) is 0 Å². The maximum Gasteiger partial charge on any atom is 0.251 e. The van der Waals surface area contributed by atoms with Crippen LogP contribution in [-0.4, -0.2) is 49.7 Å². The molecule has 0 radical (unpaired) electrons. The number of carbonyl (C=O) groups is 1. The number of hydrogen-bond acceptors (Lipinski definition) is 4. The number of hydrogen-bond donors (Lipinski definition) is 1. The molecular weight excluding hydrogens is 434 g/mol. The van der Waals surface area contributed by atoms with Crippen molar-refractivity contribution in [1.29, 1.82) is 0 Å². The van der Waals surface area contributed by atoms with Gasteiger partial charge in [0.05, 0.1) is 5.75 Å². The highest BCUT2D eigenvalue weighted by atomic mass is 32.2. The van der Waals surface area contributed by atoms with Gasteiger partial charge in [-0.3, -0.25) is 9.69 Å². The van der Waals surface area contributed by atoms with Crippen molar-refractivity contribution < 1.29 is 13.2 Å². The van der Waals surface area contributed by atoms with Crippen molar-refractivity contribution in [2.75, 3.05) is 26.2 Å². The van der Waals surface area contributed by atoms with Gasteiger partial charge >= 0.3 is 0 Å². The second-order valence-electron chi connectivity index (χ2n) is 9.25. The average molecular weight is 470 g/mol. The summed E-state index contributed by atoms with van der Waals surface area (Å²) in [6.07, 6.45) is 6.84.